The summed E-state index contributed by atoms with van der Waals surface area (Å²) in [6, 6.07) is 5.95. The van der Waals surface area contributed by atoms with Crippen LogP contribution < -0.4 is 10.6 Å². The van der Waals surface area contributed by atoms with Gasteiger partial charge < -0.3 is 25.0 Å². The van der Waals surface area contributed by atoms with Gasteiger partial charge in [-0.15, -0.1) is 0 Å². The van der Waals surface area contributed by atoms with E-state index in [1.807, 2.05) is 0 Å². The highest BCUT2D eigenvalue weighted by Crippen LogP contribution is 2.31. The van der Waals surface area contributed by atoms with Gasteiger partial charge in [0.1, 0.15) is 6.61 Å². The van der Waals surface area contributed by atoms with Crippen molar-refractivity contribution >= 4 is 23.6 Å². The molecule has 1 heterocycles. The Morgan fingerprint density at radius 3 is 2.44 bits per heavy atom. The Balaban J connectivity index is 2.32. The lowest BCUT2D eigenvalue weighted by Gasteiger charge is -2.33. The minimum Gasteiger partial charge on any atom is -0.459 e. The van der Waals surface area contributed by atoms with Crippen molar-refractivity contribution in [3.8, 4) is 0 Å². The Morgan fingerprint density at radius 2 is 1.89 bits per heavy atom. The molecule has 8 heteroatoms. The summed E-state index contributed by atoms with van der Waals surface area (Å²) in [4.78, 5) is 37.8. The summed E-state index contributed by atoms with van der Waals surface area (Å²) in [5.74, 6) is -0.744. The van der Waals surface area contributed by atoms with Gasteiger partial charge in [0.25, 0.3) is 0 Å². The second-order valence-corrected chi connectivity index (χ2v) is 6.50. The molecule has 146 valence electrons. The predicted octanol–water partition coefficient (Wildman–Crippen LogP) is 2.19. The number of benzene rings is 1. The molecule has 0 saturated heterocycles. The molecule has 1 atom stereocenters. The fourth-order valence-electron chi connectivity index (χ4n) is 2.71. The summed E-state index contributed by atoms with van der Waals surface area (Å²) < 4.78 is 10.1. The largest absolute Gasteiger partial charge is 0.459 e. The van der Waals surface area contributed by atoms with Crippen molar-refractivity contribution in [3.05, 3.63) is 41.1 Å². The number of ether oxygens (including phenoxy) is 2. The van der Waals surface area contributed by atoms with Gasteiger partial charge in [0.2, 0.25) is 5.91 Å². The number of allylic oxidation sites excluding steroid dienone is 1. The monoisotopic (exact) mass is 375 g/mol. The molecule has 2 rings (SSSR count). The molecule has 3 amide bonds. The normalized spacial score (nSPS) is 17.0. The first-order valence-electron chi connectivity index (χ1n) is 8.59. The van der Waals surface area contributed by atoms with Crippen LogP contribution in [0.15, 0.2) is 35.5 Å². The number of hydrogen-bond donors (Lipinski definition) is 2. The highest BCUT2D eigenvalue weighted by Gasteiger charge is 2.35. The average Bonchev–Trinajstić information content (AvgIpc) is 2.59. The topological polar surface area (TPSA) is 97.0 Å². The Bertz CT molecular complexity index is 755. The number of amides is 3. The molecule has 0 fully saturated rings. The number of nitrogens with zero attached hydrogens (tertiary/aromatic N) is 1. The fourth-order valence-corrected chi connectivity index (χ4v) is 2.71. The van der Waals surface area contributed by atoms with Crippen LogP contribution in [0.5, 0.6) is 0 Å². The molecule has 0 aromatic heterocycles. The van der Waals surface area contributed by atoms with Gasteiger partial charge in [-0.25, -0.2) is 9.59 Å². The zero-order valence-electron chi connectivity index (χ0n) is 16.2. The third kappa shape index (κ3) is 4.85. The van der Waals surface area contributed by atoms with Gasteiger partial charge in [-0.3, -0.25) is 4.79 Å². The number of carbonyl (C=O) groups is 3. The van der Waals surface area contributed by atoms with Crippen LogP contribution in [0.25, 0.3) is 0 Å². The van der Waals surface area contributed by atoms with E-state index in [2.05, 4.69) is 10.6 Å². The number of hydrogen-bond acceptors (Lipinski definition) is 5. The van der Waals surface area contributed by atoms with Crippen molar-refractivity contribution in [2.75, 3.05) is 26.1 Å². The first kappa shape index (κ1) is 20.4. The van der Waals surface area contributed by atoms with Crippen LogP contribution in [0, 0.1) is 0 Å². The number of carbonyl (C=O) groups excluding carboxylic acids is 3. The van der Waals surface area contributed by atoms with Gasteiger partial charge in [-0.05, 0) is 38.5 Å². The van der Waals surface area contributed by atoms with Crippen molar-refractivity contribution in [1.29, 1.82) is 0 Å². The molecule has 1 aliphatic rings. The van der Waals surface area contributed by atoms with Gasteiger partial charge in [0, 0.05) is 25.5 Å². The van der Waals surface area contributed by atoms with E-state index in [1.165, 1.54) is 12.0 Å². The van der Waals surface area contributed by atoms with Crippen molar-refractivity contribution in [2.24, 2.45) is 0 Å². The Labute approximate surface area is 158 Å². The highest BCUT2D eigenvalue weighted by molar-refractivity contribution is 5.95. The molecular weight excluding hydrogens is 350 g/mol. The highest BCUT2D eigenvalue weighted by atomic mass is 16.5. The van der Waals surface area contributed by atoms with Crippen molar-refractivity contribution < 1.29 is 23.9 Å². The van der Waals surface area contributed by atoms with E-state index in [0.29, 0.717) is 22.5 Å². The van der Waals surface area contributed by atoms with E-state index in [9.17, 15) is 14.4 Å². The van der Waals surface area contributed by atoms with Crippen LogP contribution in [0.4, 0.5) is 10.5 Å². The molecule has 8 nitrogen and oxygen atoms in total. The first-order chi connectivity index (χ1) is 12.7. The van der Waals surface area contributed by atoms with Gasteiger partial charge in [0.05, 0.1) is 17.7 Å². The number of esters is 1. The lowest BCUT2D eigenvalue weighted by Crippen LogP contribution is -2.46. The van der Waals surface area contributed by atoms with Gasteiger partial charge in [-0.1, -0.05) is 12.1 Å². The Morgan fingerprint density at radius 1 is 1.26 bits per heavy atom. The molecule has 1 aromatic carbocycles. The lowest BCUT2D eigenvalue weighted by molar-refractivity contribution is -0.143. The second kappa shape index (κ2) is 8.68. The molecular formula is C19H25N3O5. The Hall–Kier alpha value is -2.87. The number of rotatable bonds is 6. The summed E-state index contributed by atoms with van der Waals surface area (Å²) in [5.41, 5.74) is 2.21. The number of urea groups is 1. The summed E-state index contributed by atoms with van der Waals surface area (Å²) in [6.07, 6.45) is -0.278. The molecule has 0 spiro atoms. The Kier molecular flexibility index (Phi) is 6.57. The molecule has 1 aromatic rings. The lowest BCUT2D eigenvalue weighted by atomic mass is 9.95. The van der Waals surface area contributed by atoms with Gasteiger partial charge in [-0.2, -0.15) is 0 Å². The SMILES string of the molecule is COCC(=O)Nc1ccc(C2NC(=O)N(C)C(C)=C2C(=O)OC(C)C)cc1. The van der Waals surface area contributed by atoms with E-state index in [1.54, 1.807) is 52.1 Å². The third-order valence-corrected chi connectivity index (χ3v) is 4.12. The molecule has 0 aliphatic carbocycles. The van der Waals surface area contributed by atoms with Crippen molar-refractivity contribution in [1.82, 2.24) is 10.2 Å². The van der Waals surface area contributed by atoms with E-state index in [4.69, 9.17) is 9.47 Å². The number of anilines is 1. The maximum absolute atomic E-state index is 12.6. The minimum atomic E-state index is -0.635. The summed E-state index contributed by atoms with van der Waals surface area (Å²) in [6.45, 7) is 5.21. The summed E-state index contributed by atoms with van der Waals surface area (Å²) in [5, 5.41) is 5.51. The smallest absolute Gasteiger partial charge is 0.338 e. The predicted molar refractivity (Wildman–Crippen MR) is 99.9 cm³/mol. The number of nitrogens with one attached hydrogen (secondary N) is 2. The molecule has 0 bridgehead atoms. The quantitative estimate of drug-likeness (QED) is 0.743. The summed E-state index contributed by atoms with van der Waals surface area (Å²) >= 11 is 0. The zero-order chi connectivity index (χ0) is 20.1. The first-order valence-corrected chi connectivity index (χ1v) is 8.59. The molecule has 0 radical (unpaired) electrons. The van der Waals surface area contributed by atoms with E-state index < -0.39 is 12.0 Å². The van der Waals surface area contributed by atoms with Crippen LogP contribution in [0.2, 0.25) is 0 Å². The average molecular weight is 375 g/mol. The van der Waals surface area contributed by atoms with E-state index >= 15 is 0 Å². The molecule has 2 N–H and O–H groups in total. The van der Waals surface area contributed by atoms with Gasteiger partial charge in [0.15, 0.2) is 0 Å². The fraction of sp³-hybridized carbons (Fsp3) is 0.421. The van der Waals surface area contributed by atoms with Crippen LogP contribution in [0.3, 0.4) is 0 Å². The maximum Gasteiger partial charge on any atom is 0.338 e. The summed E-state index contributed by atoms with van der Waals surface area (Å²) in [7, 11) is 3.04. The minimum absolute atomic E-state index is 0.0418. The second-order valence-electron chi connectivity index (χ2n) is 6.50. The third-order valence-electron chi connectivity index (χ3n) is 4.12. The van der Waals surface area contributed by atoms with Crippen LogP contribution in [-0.4, -0.2) is 49.7 Å². The van der Waals surface area contributed by atoms with Crippen molar-refractivity contribution in [3.63, 3.8) is 0 Å². The molecule has 1 aliphatic heterocycles. The van der Waals surface area contributed by atoms with Crippen LogP contribution in [0.1, 0.15) is 32.4 Å². The van der Waals surface area contributed by atoms with Crippen LogP contribution >= 0.6 is 0 Å². The van der Waals surface area contributed by atoms with Crippen LogP contribution in [-0.2, 0) is 19.1 Å². The molecule has 0 saturated carbocycles. The van der Waals surface area contributed by atoms with Gasteiger partial charge >= 0.3 is 12.0 Å². The molecule has 1 unspecified atom stereocenters. The van der Waals surface area contributed by atoms with E-state index in [0.717, 1.165) is 0 Å². The maximum atomic E-state index is 12.6. The molecule has 27 heavy (non-hydrogen) atoms. The zero-order valence-corrected chi connectivity index (χ0v) is 16.2. The number of methoxy groups -OCH3 is 1. The standard InChI is InChI=1S/C19H25N3O5/c1-11(2)27-18(24)16-12(3)22(4)19(25)21-17(16)13-6-8-14(9-7-13)20-15(23)10-26-5/h6-9,11,17H,10H2,1-5H3,(H,20,23)(H,21,25). The van der Waals surface area contributed by atoms with Crippen molar-refractivity contribution in [2.45, 2.75) is 32.9 Å². The van der Waals surface area contributed by atoms with E-state index in [-0.39, 0.29) is 24.6 Å².